The van der Waals surface area contributed by atoms with Crippen molar-refractivity contribution in [2.24, 2.45) is 0 Å². The van der Waals surface area contributed by atoms with E-state index < -0.39 is 74.0 Å². The maximum absolute atomic E-state index is 10.1. The summed E-state index contributed by atoms with van der Waals surface area (Å²) in [6.45, 7) is -1.69. The number of hydrogen-bond donors (Lipinski definition) is 12. The van der Waals surface area contributed by atoms with Crippen molar-refractivity contribution in [1.82, 2.24) is 0 Å². The minimum absolute atomic E-state index is 0. The van der Waals surface area contributed by atoms with Gasteiger partial charge in [0.15, 0.2) is 12.2 Å². The van der Waals surface area contributed by atoms with E-state index in [4.69, 9.17) is 61.3 Å². The number of rotatable bonds is 10. The molecule has 0 heterocycles. The third-order valence-electron chi connectivity index (χ3n) is 3.02. The van der Waals surface area contributed by atoms with Crippen molar-refractivity contribution in [3.05, 3.63) is 0 Å². The third-order valence-corrected chi connectivity index (χ3v) is 3.02. The number of carbonyl (C=O) groups is 2. The largest absolute Gasteiger partial charge is 0.479 e. The van der Waals surface area contributed by atoms with Crippen LogP contribution in [0.1, 0.15) is 0 Å². The van der Waals surface area contributed by atoms with Crippen molar-refractivity contribution in [1.29, 1.82) is 0 Å². The van der Waals surface area contributed by atoms with Crippen LogP contribution in [0.2, 0.25) is 0 Å². The molecule has 15 nitrogen and oxygen atoms in total. The van der Waals surface area contributed by atoms with E-state index in [0.717, 1.165) is 0 Å². The van der Waals surface area contributed by atoms with Gasteiger partial charge in [-0.1, -0.05) is 0 Å². The monoisotopic (exact) mass is 466 g/mol. The Balaban J connectivity index is -0.000000192. The molecule has 0 bridgehead atoms. The zero-order valence-corrected chi connectivity index (χ0v) is 15.2. The van der Waals surface area contributed by atoms with Crippen LogP contribution in [0, 0.1) is 0 Å². The van der Waals surface area contributed by atoms with Gasteiger partial charge in [0.05, 0.1) is 13.2 Å². The average molecular weight is 466 g/mol. The molecule has 14 N–H and O–H groups in total. The van der Waals surface area contributed by atoms with E-state index in [-0.39, 0.29) is 22.5 Å². The second-order valence-electron chi connectivity index (χ2n) is 5.03. The van der Waals surface area contributed by atoms with E-state index in [9.17, 15) is 9.59 Å². The first-order valence-corrected chi connectivity index (χ1v) is 6.95. The van der Waals surface area contributed by atoms with Gasteiger partial charge >= 0.3 is 11.9 Å². The molecule has 0 aliphatic carbocycles. The number of carboxylic acids is 2. The van der Waals surface area contributed by atoms with Crippen LogP contribution in [0.5, 0.6) is 0 Å². The molecule has 0 aliphatic rings. The molecule has 16 heteroatoms. The predicted octanol–water partition coefficient (Wildman–Crippen LogP) is -7.81. The Morgan fingerprint density at radius 1 is 0.571 bits per heavy atom. The molecule has 8 atom stereocenters. The predicted molar refractivity (Wildman–Crippen MR) is 81.1 cm³/mol. The van der Waals surface area contributed by atoms with Crippen molar-refractivity contribution in [2.45, 2.75) is 48.8 Å². The van der Waals surface area contributed by atoms with Crippen molar-refractivity contribution in [3.63, 3.8) is 0 Å². The van der Waals surface area contributed by atoms with E-state index in [1.54, 1.807) is 0 Å². The Morgan fingerprint density at radius 3 is 0.929 bits per heavy atom. The van der Waals surface area contributed by atoms with E-state index in [1.165, 1.54) is 0 Å². The molecular weight excluding hydrogens is 440 g/mol. The summed E-state index contributed by atoms with van der Waals surface area (Å²) in [5.41, 5.74) is 0. The molecule has 0 fully saturated rings. The molecule has 0 saturated heterocycles. The number of hydrogen-bond acceptors (Lipinski definition) is 12. The van der Waals surface area contributed by atoms with Crippen LogP contribution in [-0.2, 0) is 26.7 Å². The molecule has 0 unspecified atom stereocenters. The minimum Gasteiger partial charge on any atom is -0.479 e. The topological polar surface area (TPSA) is 308 Å². The van der Waals surface area contributed by atoms with Crippen LogP contribution in [0.25, 0.3) is 0 Å². The number of carboxylic acid groups (broad SMARTS) is 2. The van der Waals surface area contributed by atoms with Gasteiger partial charge in [-0.3, -0.25) is 0 Å². The van der Waals surface area contributed by atoms with Crippen molar-refractivity contribution < 1.29 is 93.4 Å². The fraction of sp³-hybridized carbons (Fsp3) is 0.833. The molecule has 0 rings (SSSR count). The van der Waals surface area contributed by atoms with Crippen LogP contribution in [-0.4, -0.2) is 141 Å². The van der Waals surface area contributed by atoms with E-state index in [2.05, 4.69) is 0 Å². The average Bonchev–Trinajstić information content (AvgIpc) is 2.62. The van der Waals surface area contributed by atoms with Gasteiger partial charge in [0.25, 0.3) is 0 Å². The van der Waals surface area contributed by atoms with Crippen molar-refractivity contribution >= 4 is 11.9 Å². The fourth-order valence-corrected chi connectivity index (χ4v) is 1.34. The Bertz CT molecular complexity index is 386. The smallest absolute Gasteiger partial charge is 0.335 e. The number of aliphatic carboxylic acids is 2. The summed E-state index contributed by atoms with van der Waals surface area (Å²) in [5, 5.41) is 104. The second kappa shape index (κ2) is 16.9. The second-order valence-corrected chi connectivity index (χ2v) is 5.03. The maximum atomic E-state index is 10.1. The Labute approximate surface area is 168 Å². The molecular formula is C12H26FeO15. The first-order chi connectivity index (χ1) is 11.8. The fourth-order valence-electron chi connectivity index (χ4n) is 1.34. The van der Waals surface area contributed by atoms with Gasteiger partial charge in [0.1, 0.15) is 36.6 Å². The Hall–Kier alpha value is -0.981. The van der Waals surface area contributed by atoms with E-state index in [1.807, 2.05) is 0 Å². The van der Waals surface area contributed by atoms with Gasteiger partial charge in [0.2, 0.25) is 0 Å². The molecule has 0 saturated carbocycles. The normalized spacial score (nSPS) is 18.9. The number of aliphatic hydroxyl groups excluding tert-OH is 10. The quantitative estimate of drug-likeness (QED) is 0.133. The van der Waals surface area contributed by atoms with Crippen LogP contribution in [0.15, 0.2) is 0 Å². The van der Waals surface area contributed by atoms with Gasteiger partial charge in [-0.05, 0) is 0 Å². The van der Waals surface area contributed by atoms with Crippen molar-refractivity contribution in [3.8, 4) is 0 Å². The standard InChI is InChI=1S/2C6H12O7.Fe.H2O/c2*7-1-2(8)3(9)4(10)5(11)6(12)13;;/h2*2-5,7-11H,1H2,(H,12,13);;1H2/t2*2-,3-,4+,5+;;/m00../s1. The molecule has 0 radical (unpaired) electrons. The number of aliphatic hydroxyl groups is 10. The molecule has 172 valence electrons. The summed E-state index contributed by atoms with van der Waals surface area (Å²) in [6, 6.07) is 0. The van der Waals surface area contributed by atoms with Gasteiger partial charge < -0.3 is 66.8 Å². The van der Waals surface area contributed by atoms with Gasteiger partial charge in [-0.25, -0.2) is 9.59 Å². The van der Waals surface area contributed by atoms with Gasteiger partial charge in [0, 0.05) is 17.1 Å². The van der Waals surface area contributed by atoms with Crippen LogP contribution >= 0.6 is 0 Å². The van der Waals surface area contributed by atoms with Crippen LogP contribution in [0.3, 0.4) is 0 Å². The Kier molecular flexibility index (Phi) is 20.9. The van der Waals surface area contributed by atoms with Crippen molar-refractivity contribution in [2.75, 3.05) is 13.2 Å². The summed E-state index contributed by atoms with van der Waals surface area (Å²) in [7, 11) is 0. The van der Waals surface area contributed by atoms with E-state index in [0.29, 0.717) is 0 Å². The molecule has 0 spiro atoms. The molecule has 0 aromatic rings. The zero-order valence-electron chi connectivity index (χ0n) is 14.1. The molecule has 0 aromatic carbocycles. The third kappa shape index (κ3) is 11.8. The molecule has 0 aromatic heterocycles. The van der Waals surface area contributed by atoms with Crippen LogP contribution < -0.4 is 0 Å². The van der Waals surface area contributed by atoms with Gasteiger partial charge in [-0.15, -0.1) is 0 Å². The summed E-state index contributed by atoms with van der Waals surface area (Å²) in [5.74, 6) is -3.45. The molecule has 0 amide bonds. The van der Waals surface area contributed by atoms with Gasteiger partial charge in [-0.2, -0.15) is 0 Å². The zero-order chi connectivity index (χ0) is 21.2. The molecule has 0 aliphatic heterocycles. The summed E-state index contributed by atoms with van der Waals surface area (Å²) >= 11 is 0. The first kappa shape index (κ1) is 34.5. The Morgan fingerprint density at radius 2 is 0.786 bits per heavy atom. The SMILES string of the molecule is O.O=C(O)[C@H](O)[C@H](O)[C@@H](O)[C@@H](O)CO.O=C(O)[C@H](O)[C@H](O)[C@@H](O)[C@@H](O)CO.[Fe]. The first-order valence-electron chi connectivity index (χ1n) is 6.95. The van der Waals surface area contributed by atoms with E-state index >= 15 is 0 Å². The summed E-state index contributed by atoms with van der Waals surface area (Å²) in [4.78, 5) is 20.2. The maximum Gasteiger partial charge on any atom is 0.335 e. The van der Waals surface area contributed by atoms with Crippen LogP contribution in [0.4, 0.5) is 0 Å². The molecule has 28 heavy (non-hydrogen) atoms. The minimum atomic E-state index is -2.20. The summed E-state index contributed by atoms with van der Waals surface area (Å²) in [6.07, 6.45) is -15.7. The summed E-state index contributed by atoms with van der Waals surface area (Å²) < 4.78 is 0.